The lowest BCUT2D eigenvalue weighted by Crippen LogP contribution is -2.54. The summed E-state index contributed by atoms with van der Waals surface area (Å²) >= 11 is 0. The van der Waals surface area contributed by atoms with E-state index in [0.717, 1.165) is 19.3 Å². The number of carbonyl (C=O) groups is 1. The largest absolute Gasteiger partial charge is 0.359 e. The summed E-state index contributed by atoms with van der Waals surface area (Å²) in [7, 11) is 0. The van der Waals surface area contributed by atoms with E-state index in [1.165, 1.54) is 0 Å². The summed E-state index contributed by atoms with van der Waals surface area (Å²) in [4.78, 5) is 13.6. The fourth-order valence-electron chi connectivity index (χ4n) is 3.21. The molecule has 0 amide bonds. The smallest absolute Gasteiger partial charge is 0.123 e. The van der Waals surface area contributed by atoms with Crippen LogP contribution in [-0.4, -0.2) is 35.1 Å². The van der Waals surface area contributed by atoms with Gasteiger partial charge in [-0.25, -0.2) is 0 Å². The predicted molar refractivity (Wildman–Crippen MR) is 74.4 cm³/mol. The van der Waals surface area contributed by atoms with Crippen molar-refractivity contribution in [2.45, 2.75) is 72.2 Å². The molecule has 1 heterocycles. The molecule has 18 heavy (non-hydrogen) atoms. The summed E-state index contributed by atoms with van der Waals surface area (Å²) in [6, 6.07) is 0.331. The molecule has 0 aromatic carbocycles. The number of hydrogen-bond acceptors (Lipinski definition) is 3. The third-order valence-corrected chi connectivity index (χ3v) is 3.87. The molecule has 0 saturated carbocycles. The zero-order chi connectivity index (χ0) is 14.1. The van der Waals surface area contributed by atoms with Crippen molar-refractivity contribution in [3.63, 3.8) is 0 Å². The second-order valence-corrected chi connectivity index (χ2v) is 7.23. The lowest BCUT2D eigenvalue weighted by Gasteiger charge is -2.44. The minimum Gasteiger partial charge on any atom is -0.359 e. The molecule has 2 unspecified atom stereocenters. The summed E-state index contributed by atoms with van der Waals surface area (Å²) in [5.74, 6) is 0.519. The molecule has 3 heteroatoms. The van der Waals surface area contributed by atoms with E-state index >= 15 is 0 Å². The Morgan fingerprint density at radius 3 is 2.33 bits per heavy atom. The van der Waals surface area contributed by atoms with E-state index in [9.17, 15) is 4.79 Å². The summed E-state index contributed by atoms with van der Waals surface area (Å²) in [6.07, 6.45) is 2.00. The fourth-order valence-corrected chi connectivity index (χ4v) is 3.21. The van der Waals surface area contributed by atoms with Gasteiger partial charge in [0.25, 0.3) is 0 Å². The van der Waals surface area contributed by atoms with Crippen LogP contribution in [0.25, 0.3) is 0 Å². The second-order valence-electron chi connectivity index (χ2n) is 7.23. The number of aldehydes is 1. The quantitative estimate of drug-likeness (QED) is 0.723. The Labute approximate surface area is 112 Å². The molecule has 1 rings (SSSR count). The van der Waals surface area contributed by atoms with Gasteiger partial charge in [0.15, 0.2) is 0 Å². The maximum Gasteiger partial charge on any atom is 0.123 e. The van der Waals surface area contributed by atoms with Crippen LogP contribution in [0.4, 0.5) is 0 Å². The molecule has 2 atom stereocenters. The number of hydrogen-bond donors (Lipinski definition) is 0. The van der Waals surface area contributed by atoms with Crippen molar-refractivity contribution in [3.8, 4) is 0 Å². The number of carbonyl (C=O) groups excluding carboxylic acids is 1. The first-order valence-corrected chi connectivity index (χ1v) is 6.98. The molecule has 106 valence electrons. The van der Waals surface area contributed by atoms with Gasteiger partial charge in [-0.2, -0.15) is 0 Å². The van der Waals surface area contributed by atoms with Gasteiger partial charge in [0, 0.05) is 17.5 Å². The molecule has 1 fully saturated rings. The van der Waals surface area contributed by atoms with Gasteiger partial charge < -0.3 is 9.53 Å². The van der Waals surface area contributed by atoms with Gasteiger partial charge in [-0.1, -0.05) is 13.8 Å². The average molecular weight is 255 g/mol. The molecule has 0 radical (unpaired) electrons. The van der Waals surface area contributed by atoms with E-state index in [0.29, 0.717) is 12.0 Å². The minimum atomic E-state index is -0.243. The van der Waals surface area contributed by atoms with Crippen LogP contribution in [0.3, 0.4) is 0 Å². The zero-order valence-electron chi connectivity index (χ0n) is 13.0. The van der Waals surface area contributed by atoms with Gasteiger partial charge in [-0.15, -0.1) is 0 Å². The summed E-state index contributed by atoms with van der Waals surface area (Å²) in [6.45, 7) is 15.8. The monoisotopic (exact) mass is 255 g/mol. The van der Waals surface area contributed by atoms with Gasteiger partial charge in [0.1, 0.15) is 12.0 Å². The number of rotatable bonds is 4. The van der Waals surface area contributed by atoms with Gasteiger partial charge in [0.2, 0.25) is 0 Å². The topological polar surface area (TPSA) is 29.5 Å². The first-order valence-electron chi connectivity index (χ1n) is 6.98. The molecular weight excluding hydrogens is 226 g/mol. The van der Waals surface area contributed by atoms with E-state index in [1.54, 1.807) is 0 Å². The van der Waals surface area contributed by atoms with Crippen LogP contribution in [0.5, 0.6) is 0 Å². The van der Waals surface area contributed by atoms with E-state index in [4.69, 9.17) is 4.74 Å². The third kappa shape index (κ3) is 3.33. The maximum absolute atomic E-state index is 11.2. The molecular formula is C15H29NO2. The second kappa shape index (κ2) is 5.30. The lowest BCUT2D eigenvalue weighted by atomic mass is 9.88. The summed E-state index contributed by atoms with van der Waals surface area (Å²) in [5.41, 5.74) is -0.192. The maximum atomic E-state index is 11.2. The molecule has 0 bridgehead atoms. The van der Waals surface area contributed by atoms with Crippen molar-refractivity contribution in [1.82, 2.24) is 4.90 Å². The van der Waals surface area contributed by atoms with E-state index in [2.05, 4.69) is 53.4 Å². The fraction of sp³-hybridized carbons (Fsp3) is 0.933. The Hall–Kier alpha value is -0.410. The highest BCUT2D eigenvalue weighted by atomic mass is 16.5. The molecule has 0 spiro atoms. The zero-order valence-corrected chi connectivity index (χ0v) is 13.0. The minimum absolute atomic E-state index is 0.0507. The van der Waals surface area contributed by atoms with Crippen molar-refractivity contribution in [2.24, 2.45) is 11.8 Å². The Morgan fingerprint density at radius 2 is 1.94 bits per heavy atom. The van der Waals surface area contributed by atoms with Crippen LogP contribution in [0.2, 0.25) is 0 Å². The van der Waals surface area contributed by atoms with Crippen molar-refractivity contribution < 1.29 is 9.53 Å². The first-order chi connectivity index (χ1) is 8.09. The number of ether oxygens (including phenoxy) is 1. The highest BCUT2D eigenvalue weighted by molar-refractivity contribution is 5.54. The molecule has 1 saturated heterocycles. The molecule has 3 nitrogen and oxygen atoms in total. The van der Waals surface area contributed by atoms with E-state index < -0.39 is 0 Å². The normalized spacial score (nSPS) is 26.6. The van der Waals surface area contributed by atoms with Crippen molar-refractivity contribution in [1.29, 1.82) is 0 Å². The van der Waals surface area contributed by atoms with Gasteiger partial charge in [0.05, 0.1) is 6.61 Å². The van der Waals surface area contributed by atoms with Gasteiger partial charge >= 0.3 is 0 Å². The lowest BCUT2D eigenvalue weighted by molar-refractivity contribution is -0.114. The first kappa shape index (κ1) is 15.6. The standard InChI is InChI=1S/C15H29NO2/c1-11(2)12(9-17)8-13-10-18-15(6,7)16(13)14(3,4)5/h9,11-13H,8,10H2,1-7H3. The van der Waals surface area contributed by atoms with Gasteiger partial charge in [-0.3, -0.25) is 4.90 Å². The van der Waals surface area contributed by atoms with E-state index in [1.807, 2.05) is 0 Å². The van der Waals surface area contributed by atoms with Crippen LogP contribution in [0.15, 0.2) is 0 Å². The molecule has 0 N–H and O–H groups in total. The Kier molecular flexibility index (Phi) is 4.60. The SMILES string of the molecule is CC(C)C(C=O)CC1COC(C)(C)N1C(C)(C)C. The van der Waals surface area contributed by atoms with Gasteiger partial charge in [-0.05, 0) is 47.0 Å². The average Bonchev–Trinajstić information content (AvgIpc) is 2.48. The van der Waals surface area contributed by atoms with Crippen molar-refractivity contribution in [2.75, 3.05) is 6.61 Å². The Bertz CT molecular complexity index is 291. The van der Waals surface area contributed by atoms with Crippen molar-refractivity contribution >= 4 is 6.29 Å². The molecule has 1 aliphatic heterocycles. The Morgan fingerprint density at radius 1 is 1.39 bits per heavy atom. The number of nitrogens with zero attached hydrogens (tertiary/aromatic N) is 1. The highest BCUT2D eigenvalue weighted by Gasteiger charge is 2.46. The Balaban J connectivity index is 2.86. The molecule has 0 aliphatic carbocycles. The summed E-state index contributed by atoms with van der Waals surface area (Å²) in [5, 5.41) is 0. The van der Waals surface area contributed by atoms with Crippen LogP contribution in [0, 0.1) is 11.8 Å². The summed E-state index contributed by atoms with van der Waals surface area (Å²) < 4.78 is 5.93. The highest BCUT2D eigenvalue weighted by Crippen LogP contribution is 2.37. The van der Waals surface area contributed by atoms with Crippen LogP contribution in [0.1, 0.15) is 54.9 Å². The predicted octanol–water partition coefficient (Wildman–Crippen LogP) is 3.08. The van der Waals surface area contributed by atoms with Crippen LogP contribution in [-0.2, 0) is 9.53 Å². The molecule has 0 aromatic heterocycles. The molecule has 0 aromatic rings. The van der Waals surface area contributed by atoms with Crippen LogP contribution < -0.4 is 0 Å². The third-order valence-electron chi connectivity index (χ3n) is 3.87. The van der Waals surface area contributed by atoms with E-state index in [-0.39, 0.29) is 17.2 Å². The van der Waals surface area contributed by atoms with Crippen LogP contribution >= 0.6 is 0 Å². The van der Waals surface area contributed by atoms with Crippen molar-refractivity contribution in [3.05, 3.63) is 0 Å². The molecule has 1 aliphatic rings.